The van der Waals surface area contributed by atoms with Crippen molar-refractivity contribution in [3.8, 4) is 17.0 Å². The first-order valence-corrected chi connectivity index (χ1v) is 5.36. The van der Waals surface area contributed by atoms with Crippen molar-refractivity contribution in [1.29, 1.82) is 0 Å². The molecule has 0 saturated carbocycles. The summed E-state index contributed by atoms with van der Waals surface area (Å²) in [6, 6.07) is 2.81. The van der Waals surface area contributed by atoms with Gasteiger partial charge in [0.25, 0.3) is 0 Å². The van der Waals surface area contributed by atoms with Crippen molar-refractivity contribution in [3.05, 3.63) is 28.2 Å². The number of H-pyrrole nitrogens is 1. The van der Waals surface area contributed by atoms with Crippen LogP contribution in [0.5, 0.6) is 5.75 Å². The Bertz CT molecular complexity index is 571. The highest BCUT2D eigenvalue weighted by Crippen LogP contribution is 2.35. The molecule has 0 amide bonds. The fraction of sp³-hybridized carbons (Fsp3) is 0.100. The van der Waals surface area contributed by atoms with E-state index in [1.54, 1.807) is 0 Å². The van der Waals surface area contributed by atoms with E-state index in [0.717, 1.165) is 0 Å². The van der Waals surface area contributed by atoms with Gasteiger partial charge in [0, 0.05) is 11.6 Å². The summed E-state index contributed by atoms with van der Waals surface area (Å²) in [4.78, 5) is 0. The topological polar surface area (TPSA) is 63.9 Å². The number of nitrogens with one attached hydrogen (secondary N) is 1. The summed E-state index contributed by atoms with van der Waals surface area (Å²) in [5.41, 5.74) is 5.72. The number of nitrogens with two attached hydrogens (primary N) is 1. The lowest BCUT2D eigenvalue weighted by Gasteiger charge is -2.08. The Morgan fingerprint density at radius 2 is 2.06 bits per heavy atom. The molecule has 3 N–H and O–H groups in total. The minimum Gasteiger partial charge on any atom is -0.492 e. The van der Waals surface area contributed by atoms with Crippen LogP contribution < -0.4 is 10.5 Å². The highest BCUT2D eigenvalue weighted by atomic mass is 79.9. The van der Waals surface area contributed by atoms with Crippen molar-refractivity contribution in [3.63, 3.8) is 0 Å². The third-order valence-corrected chi connectivity index (χ3v) is 2.80. The number of halogens is 3. The summed E-state index contributed by atoms with van der Waals surface area (Å²) >= 11 is 3.10. The molecule has 2 rings (SSSR count). The van der Waals surface area contributed by atoms with Crippen molar-refractivity contribution < 1.29 is 13.5 Å². The number of ether oxygens (including phenoxy) is 1. The molecule has 1 aromatic heterocycles. The first kappa shape index (κ1) is 11.8. The zero-order valence-corrected chi connectivity index (χ0v) is 10.3. The van der Waals surface area contributed by atoms with Gasteiger partial charge in [-0.2, -0.15) is 9.49 Å². The summed E-state index contributed by atoms with van der Waals surface area (Å²) in [6.07, 6.45) is 0. The second-order valence-electron chi connectivity index (χ2n) is 3.27. The zero-order valence-electron chi connectivity index (χ0n) is 8.72. The van der Waals surface area contributed by atoms with Crippen molar-refractivity contribution in [1.82, 2.24) is 10.2 Å². The van der Waals surface area contributed by atoms with Crippen LogP contribution >= 0.6 is 15.9 Å². The van der Waals surface area contributed by atoms with E-state index in [2.05, 4.69) is 26.1 Å². The Balaban J connectivity index is 2.64. The number of aromatic amines is 1. The molecule has 0 unspecified atom stereocenters. The number of hydrogen-bond donors (Lipinski definition) is 2. The van der Waals surface area contributed by atoms with Crippen LogP contribution in [0.1, 0.15) is 0 Å². The third kappa shape index (κ3) is 1.97. The molecule has 90 valence electrons. The second-order valence-corrected chi connectivity index (χ2v) is 4.13. The molecule has 0 bridgehead atoms. The number of nitrogen functional groups attached to an aromatic ring is 1. The number of benzene rings is 1. The quantitative estimate of drug-likeness (QED) is 0.839. The number of aromatic nitrogens is 2. The van der Waals surface area contributed by atoms with Crippen molar-refractivity contribution in [2.45, 2.75) is 0 Å². The Kier molecular flexibility index (Phi) is 3.01. The van der Waals surface area contributed by atoms with Crippen LogP contribution in [0, 0.1) is 11.6 Å². The molecule has 4 nitrogen and oxygen atoms in total. The van der Waals surface area contributed by atoms with Gasteiger partial charge in [0.05, 0.1) is 17.3 Å². The van der Waals surface area contributed by atoms with E-state index in [0.29, 0.717) is 10.2 Å². The molecule has 0 saturated heterocycles. The maximum absolute atomic E-state index is 13.8. The Morgan fingerprint density at radius 1 is 1.35 bits per heavy atom. The lowest BCUT2D eigenvalue weighted by Crippen LogP contribution is -1.96. The zero-order chi connectivity index (χ0) is 12.6. The van der Waals surface area contributed by atoms with Gasteiger partial charge in [0.15, 0.2) is 11.6 Å². The molecule has 0 aliphatic heterocycles. The molecule has 17 heavy (non-hydrogen) atoms. The van der Waals surface area contributed by atoms with E-state index in [1.807, 2.05) is 0 Å². The van der Waals surface area contributed by atoms with E-state index >= 15 is 0 Å². The monoisotopic (exact) mass is 303 g/mol. The van der Waals surface area contributed by atoms with Crippen molar-refractivity contribution >= 4 is 21.7 Å². The Labute approximate surface area is 104 Å². The van der Waals surface area contributed by atoms with E-state index < -0.39 is 11.6 Å². The van der Waals surface area contributed by atoms with Gasteiger partial charge in [-0.25, -0.2) is 4.39 Å². The molecule has 0 aliphatic rings. The number of hydrogen-bond acceptors (Lipinski definition) is 3. The average Bonchev–Trinajstić information content (AvgIpc) is 2.71. The SMILES string of the molecule is COc1c(Br)cc(-c2cc(N)n[nH]2)c(F)c1F. The second kappa shape index (κ2) is 4.33. The number of nitrogens with zero attached hydrogens (tertiary/aromatic N) is 1. The van der Waals surface area contributed by atoms with E-state index in [4.69, 9.17) is 10.5 Å². The molecule has 1 heterocycles. The van der Waals surface area contributed by atoms with Gasteiger partial charge in [0.1, 0.15) is 5.82 Å². The van der Waals surface area contributed by atoms with Crippen LogP contribution in [0.25, 0.3) is 11.3 Å². The van der Waals surface area contributed by atoms with Gasteiger partial charge in [-0.1, -0.05) is 0 Å². The molecule has 0 radical (unpaired) electrons. The molecular formula is C10H8BrF2N3O. The van der Waals surface area contributed by atoms with Crippen LogP contribution in [-0.4, -0.2) is 17.3 Å². The first-order chi connectivity index (χ1) is 8.04. The maximum atomic E-state index is 13.8. The average molecular weight is 304 g/mol. The predicted molar refractivity (Wildman–Crippen MR) is 62.6 cm³/mol. The van der Waals surface area contributed by atoms with E-state index in [1.165, 1.54) is 19.2 Å². The first-order valence-electron chi connectivity index (χ1n) is 4.57. The third-order valence-electron chi connectivity index (χ3n) is 2.21. The molecule has 0 spiro atoms. The smallest absolute Gasteiger partial charge is 0.202 e. The van der Waals surface area contributed by atoms with Crippen molar-refractivity contribution in [2.75, 3.05) is 12.8 Å². The number of rotatable bonds is 2. The van der Waals surface area contributed by atoms with Gasteiger partial charge in [0.2, 0.25) is 5.82 Å². The van der Waals surface area contributed by atoms with Crippen molar-refractivity contribution in [2.24, 2.45) is 0 Å². The predicted octanol–water partition coefficient (Wildman–Crippen LogP) is 2.71. The summed E-state index contributed by atoms with van der Waals surface area (Å²) in [7, 11) is 1.26. The highest BCUT2D eigenvalue weighted by Gasteiger charge is 2.20. The number of methoxy groups -OCH3 is 1. The normalized spacial score (nSPS) is 10.6. The standard InChI is InChI=1S/C10H8BrF2N3O/c1-17-10-5(11)2-4(8(12)9(10)13)6-3-7(14)16-15-6/h2-3H,1H3,(H3,14,15,16). The lowest BCUT2D eigenvalue weighted by atomic mass is 10.1. The van der Waals surface area contributed by atoms with Gasteiger partial charge in [-0.15, -0.1) is 0 Å². The van der Waals surface area contributed by atoms with Gasteiger partial charge in [-0.3, -0.25) is 5.10 Å². The Hall–Kier alpha value is -1.63. The summed E-state index contributed by atoms with van der Waals surface area (Å²) in [5, 5.41) is 6.16. The van der Waals surface area contributed by atoms with Crippen LogP contribution in [0.4, 0.5) is 14.6 Å². The molecule has 0 fully saturated rings. The molecule has 2 aromatic rings. The fourth-order valence-corrected chi connectivity index (χ4v) is 2.00. The highest BCUT2D eigenvalue weighted by molar-refractivity contribution is 9.10. The van der Waals surface area contributed by atoms with Gasteiger partial charge in [-0.05, 0) is 22.0 Å². The van der Waals surface area contributed by atoms with E-state index in [9.17, 15) is 8.78 Å². The van der Waals surface area contributed by atoms with Crippen LogP contribution in [0.2, 0.25) is 0 Å². The fourth-order valence-electron chi connectivity index (χ4n) is 1.44. The minimum absolute atomic E-state index is 0.0272. The molecule has 0 atom stereocenters. The molecular weight excluding hydrogens is 296 g/mol. The maximum Gasteiger partial charge on any atom is 0.202 e. The largest absolute Gasteiger partial charge is 0.492 e. The van der Waals surface area contributed by atoms with Crippen LogP contribution in [0.3, 0.4) is 0 Å². The van der Waals surface area contributed by atoms with Crippen LogP contribution in [0.15, 0.2) is 16.6 Å². The number of anilines is 1. The molecule has 0 aliphatic carbocycles. The summed E-state index contributed by atoms with van der Waals surface area (Å²) in [5.74, 6) is -2.07. The van der Waals surface area contributed by atoms with E-state index in [-0.39, 0.29) is 17.1 Å². The molecule has 1 aromatic carbocycles. The molecule has 7 heteroatoms. The lowest BCUT2D eigenvalue weighted by molar-refractivity contribution is 0.369. The van der Waals surface area contributed by atoms with Gasteiger partial charge < -0.3 is 10.5 Å². The Morgan fingerprint density at radius 3 is 2.59 bits per heavy atom. The summed E-state index contributed by atoms with van der Waals surface area (Å²) in [6.45, 7) is 0. The summed E-state index contributed by atoms with van der Waals surface area (Å²) < 4.78 is 32.4. The van der Waals surface area contributed by atoms with Crippen LogP contribution in [-0.2, 0) is 0 Å². The van der Waals surface area contributed by atoms with Gasteiger partial charge >= 0.3 is 0 Å². The minimum atomic E-state index is -1.06.